The molecule has 1 N–H and O–H groups in total. The monoisotopic (exact) mass is 294 g/mol. The van der Waals surface area contributed by atoms with Crippen LogP contribution in [0.2, 0.25) is 0 Å². The molecule has 0 atom stereocenters. The number of carbonyl (C=O) groups is 1. The fourth-order valence-corrected chi connectivity index (χ4v) is 3.17. The molecule has 20 heavy (non-hydrogen) atoms. The third-order valence-corrected chi connectivity index (χ3v) is 4.47. The summed E-state index contributed by atoms with van der Waals surface area (Å²) in [6.45, 7) is 4.21. The molecule has 1 amide bonds. The van der Waals surface area contributed by atoms with E-state index < -0.39 is 0 Å². The van der Waals surface area contributed by atoms with Gasteiger partial charge < -0.3 is 10.0 Å². The first-order chi connectivity index (χ1) is 9.79. The zero-order chi connectivity index (χ0) is 14.2. The second kappa shape index (κ2) is 8.29. The van der Waals surface area contributed by atoms with Crippen molar-refractivity contribution in [2.45, 2.75) is 5.75 Å². The lowest BCUT2D eigenvalue weighted by atomic mass is 10.2. The molecule has 0 aromatic heterocycles. The zero-order valence-electron chi connectivity index (χ0n) is 11.7. The number of nitrogens with zero attached hydrogens (tertiary/aromatic N) is 2. The van der Waals surface area contributed by atoms with E-state index in [-0.39, 0.29) is 12.5 Å². The predicted octanol–water partition coefficient (Wildman–Crippen LogP) is 1.06. The van der Waals surface area contributed by atoms with Gasteiger partial charge in [-0.3, -0.25) is 9.69 Å². The van der Waals surface area contributed by atoms with Crippen LogP contribution in [0, 0.1) is 0 Å². The summed E-state index contributed by atoms with van der Waals surface area (Å²) in [5, 5.41) is 8.89. The van der Waals surface area contributed by atoms with Gasteiger partial charge in [0.2, 0.25) is 5.91 Å². The Morgan fingerprint density at radius 2 is 1.85 bits per heavy atom. The van der Waals surface area contributed by atoms with Crippen molar-refractivity contribution in [2.75, 3.05) is 45.1 Å². The number of aliphatic hydroxyl groups excluding tert-OH is 1. The van der Waals surface area contributed by atoms with Crippen molar-refractivity contribution in [3.63, 3.8) is 0 Å². The van der Waals surface area contributed by atoms with Crippen molar-refractivity contribution in [2.24, 2.45) is 0 Å². The molecule has 0 unspecified atom stereocenters. The number of amides is 1. The lowest BCUT2D eigenvalue weighted by Gasteiger charge is -2.34. The highest BCUT2D eigenvalue weighted by molar-refractivity contribution is 7.99. The van der Waals surface area contributed by atoms with Gasteiger partial charge in [-0.15, -0.1) is 11.8 Å². The maximum absolute atomic E-state index is 12.1. The topological polar surface area (TPSA) is 43.8 Å². The molecule has 0 bridgehead atoms. The summed E-state index contributed by atoms with van der Waals surface area (Å²) in [6, 6.07) is 10.2. The first-order valence-electron chi connectivity index (χ1n) is 7.02. The number of piperazine rings is 1. The largest absolute Gasteiger partial charge is 0.395 e. The third-order valence-electron chi connectivity index (χ3n) is 3.48. The van der Waals surface area contributed by atoms with Crippen LogP contribution in [0.5, 0.6) is 0 Å². The van der Waals surface area contributed by atoms with E-state index >= 15 is 0 Å². The minimum Gasteiger partial charge on any atom is -0.395 e. The Bertz CT molecular complexity index is 406. The van der Waals surface area contributed by atoms with Gasteiger partial charge in [0.25, 0.3) is 0 Å². The number of rotatable bonds is 6. The Morgan fingerprint density at radius 1 is 1.15 bits per heavy atom. The predicted molar refractivity (Wildman–Crippen MR) is 82.7 cm³/mol. The number of thioether (sulfide) groups is 1. The van der Waals surface area contributed by atoms with Crippen LogP contribution in [0.3, 0.4) is 0 Å². The lowest BCUT2D eigenvalue weighted by molar-refractivity contribution is -0.130. The first-order valence-corrected chi connectivity index (χ1v) is 8.17. The van der Waals surface area contributed by atoms with Crippen molar-refractivity contribution in [1.82, 2.24) is 9.80 Å². The summed E-state index contributed by atoms with van der Waals surface area (Å²) >= 11 is 1.67. The normalized spacial score (nSPS) is 16.4. The Labute approximate surface area is 124 Å². The Morgan fingerprint density at radius 3 is 2.50 bits per heavy atom. The molecule has 1 fully saturated rings. The number of benzene rings is 1. The average Bonchev–Trinajstić information content (AvgIpc) is 2.49. The highest BCUT2D eigenvalue weighted by Gasteiger charge is 2.20. The maximum atomic E-state index is 12.1. The molecule has 0 saturated carbocycles. The van der Waals surface area contributed by atoms with Crippen LogP contribution in [-0.4, -0.2) is 65.9 Å². The Balaban J connectivity index is 1.66. The molecule has 1 aliphatic rings. The summed E-state index contributed by atoms with van der Waals surface area (Å²) in [6.07, 6.45) is 0. The van der Waals surface area contributed by atoms with E-state index in [2.05, 4.69) is 17.0 Å². The molecule has 0 spiro atoms. The van der Waals surface area contributed by atoms with E-state index in [9.17, 15) is 4.79 Å². The van der Waals surface area contributed by atoms with Crippen molar-refractivity contribution in [1.29, 1.82) is 0 Å². The van der Waals surface area contributed by atoms with Gasteiger partial charge >= 0.3 is 0 Å². The zero-order valence-corrected chi connectivity index (χ0v) is 12.5. The minimum absolute atomic E-state index is 0.195. The summed E-state index contributed by atoms with van der Waals surface area (Å²) in [4.78, 5) is 16.2. The van der Waals surface area contributed by atoms with Crippen LogP contribution in [0.15, 0.2) is 30.3 Å². The van der Waals surface area contributed by atoms with Gasteiger partial charge in [-0.05, 0) is 5.56 Å². The molecule has 1 aromatic rings. The first kappa shape index (κ1) is 15.4. The second-order valence-corrected chi connectivity index (χ2v) is 5.91. The van der Waals surface area contributed by atoms with Crippen molar-refractivity contribution in [3.05, 3.63) is 35.9 Å². The molecule has 1 heterocycles. The molecule has 1 aromatic carbocycles. The van der Waals surface area contributed by atoms with E-state index in [4.69, 9.17) is 5.11 Å². The fraction of sp³-hybridized carbons (Fsp3) is 0.533. The van der Waals surface area contributed by atoms with E-state index in [0.29, 0.717) is 12.3 Å². The average molecular weight is 294 g/mol. The van der Waals surface area contributed by atoms with Gasteiger partial charge in [-0.2, -0.15) is 0 Å². The molecule has 4 nitrogen and oxygen atoms in total. The number of hydrogen-bond acceptors (Lipinski definition) is 4. The fourth-order valence-electron chi connectivity index (χ4n) is 2.28. The second-order valence-electron chi connectivity index (χ2n) is 4.92. The summed E-state index contributed by atoms with van der Waals surface area (Å²) < 4.78 is 0. The summed E-state index contributed by atoms with van der Waals surface area (Å²) in [5.41, 5.74) is 1.26. The molecular formula is C15H22N2O2S. The van der Waals surface area contributed by atoms with Gasteiger partial charge in [0.05, 0.1) is 12.4 Å². The molecule has 5 heteroatoms. The Hall–Kier alpha value is -1.04. The van der Waals surface area contributed by atoms with Crippen LogP contribution < -0.4 is 0 Å². The maximum Gasteiger partial charge on any atom is 0.232 e. The van der Waals surface area contributed by atoms with Crippen LogP contribution in [0.1, 0.15) is 5.56 Å². The highest BCUT2D eigenvalue weighted by Crippen LogP contribution is 2.13. The van der Waals surface area contributed by atoms with Gasteiger partial charge in [-0.25, -0.2) is 0 Å². The number of hydrogen-bond donors (Lipinski definition) is 1. The highest BCUT2D eigenvalue weighted by atomic mass is 32.2. The van der Waals surface area contributed by atoms with Crippen LogP contribution in [-0.2, 0) is 10.5 Å². The molecule has 110 valence electrons. The standard InChI is InChI=1S/C15H22N2O2S/c18-11-10-16-6-8-17(9-7-16)15(19)13-20-12-14-4-2-1-3-5-14/h1-5,18H,6-13H2. The van der Waals surface area contributed by atoms with Crippen LogP contribution in [0.4, 0.5) is 0 Å². The molecule has 1 aliphatic heterocycles. The Kier molecular flexibility index (Phi) is 6.36. The number of aliphatic hydroxyl groups is 1. The minimum atomic E-state index is 0.195. The third kappa shape index (κ3) is 4.81. The van der Waals surface area contributed by atoms with Crippen molar-refractivity contribution in [3.8, 4) is 0 Å². The molecular weight excluding hydrogens is 272 g/mol. The summed E-state index contributed by atoms with van der Waals surface area (Å²) in [7, 11) is 0. The quantitative estimate of drug-likeness (QED) is 0.852. The van der Waals surface area contributed by atoms with Gasteiger partial charge in [0.15, 0.2) is 0 Å². The molecule has 0 aliphatic carbocycles. The smallest absolute Gasteiger partial charge is 0.232 e. The number of β-amino-alcohol motifs (C(OH)–C–C–N with tert-alkyl or cyclic N) is 1. The van der Waals surface area contributed by atoms with Gasteiger partial charge in [0.1, 0.15) is 0 Å². The molecule has 1 saturated heterocycles. The van der Waals surface area contributed by atoms with E-state index in [1.165, 1.54) is 5.56 Å². The van der Waals surface area contributed by atoms with Crippen molar-refractivity contribution >= 4 is 17.7 Å². The van der Waals surface area contributed by atoms with E-state index in [0.717, 1.165) is 31.9 Å². The SMILES string of the molecule is O=C(CSCc1ccccc1)N1CCN(CCO)CC1. The molecule has 2 rings (SSSR count). The number of carbonyl (C=O) groups excluding carboxylic acids is 1. The van der Waals surface area contributed by atoms with Gasteiger partial charge in [0, 0.05) is 38.5 Å². The van der Waals surface area contributed by atoms with E-state index in [1.54, 1.807) is 11.8 Å². The summed E-state index contributed by atoms with van der Waals surface area (Å²) in [5.74, 6) is 1.67. The van der Waals surface area contributed by atoms with Gasteiger partial charge in [-0.1, -0.05) is 30.3 Å². The van der Waals surface area contributed by atoms with Crippen molar-refractivity contribution < 1.29 is 9.90 Å². The van der Waals surface area contributed by atoms with Crippen LogP contribution in [0.25, 0.3) is 0 Å². The lowest BCUT2D eigenvalue weighted by Crippen LogP contribution is -2.49. The van der Waals surface area contributed by atoms with Crippen LogP contribution >= 0.6 is 11.8 Å². The van der Waals surface area contributed by atoms with E-state index in [1.807, 2.05) is 23.1 Å². The molecule has 0 radical (unpaired) electrons.